The van der Waals surface area contributed by atoms with E-state index in [4.69, 9.17) is 10.9 Å². The molecule has 0 aromatic heterocycles. The minimum absolute atomic E-state index is 0.00360. The Morgan fingerprint density at radius 2 is 2.11 bits per heavy atom. The zero-order chi connectivity index (χ0) is 13.8. The second kappa shape index (κ2) is 5.70. The van der Waals surface area contributed by atoms with Gasteiger partial charge in [-0.25, -0.2) is 0 Å². The van der Waals surface area contributed by atoms with E-state index in [1.54, 1.807) is 0 Å². The molecule has 0 unspecified atom stereocenters. The Bertz CT molecular complexity index is 363. The van der Waals surface area contributed by atoms with E-state index in [-0.39, 0.29) is 24.2 Å². The van der Waals surface area contributed by atoms with Crippen LogP contribution in [0.25, 0.3) is 0 Å². The van der Waals surface area contributed by atoms with Crippen LogP contribution in [0.5, 0.6) is 0 Å². The molecule has 0 saturated heterocycles. The third-order valence-electron chi connectivity index (χ3n) is 3.15. The Balaban J connectivity index is 2.80. The number of hydrogen-bond donors (Lipinski definition) is 3. The highest BCUT2D eigenvalue weighted by atomic mass is 16.4. The number of nitrogens with zero attached hydrogens (tertiary/aromatic N) is 2. The molecule has 102 valence electrons. The van der Waals surface area contributed by atoms with Crippen LogP contribution in [0, 0.1) is 5.41 Å². The average molecular weight is 256 g/mol. The topological polar surface area (TPSA) is 108 Å². The van der Waals surface area contributed by atoms with Crippen molar-refractivity contribution in [3.05, 3.63) is 0 Å². The molecule has 0 spiro atoms. The van der Waals surface area contributed by atoms with Crippen molar-refractivity contribution in [1.82, 2.24) is 10.2 Å². The molecule has 0 heterocycles. The fraction of sp³-hybridized carbons (Fsp3) is 0.727. The lowest BCUT2D eigenvalue weighted by Gasteiger charge is -2.25. The Morgan fingerprint density at radius 1 is 1.50 bits per heavy atom. The highest BCUT2D eigenvalue weighted by Crippen LogP contribution is 2.47. The summed E-state index contributed by atoms with van der Waals surface area (Å²) in [5.41, 5.74) is 4.67. The van der Waals surface area contributed by atoms with Crippen LogP contribution in [-0.2, 0) is 9.59 Å². The second-order valence-corrected chi connectivity index (χ2v) is 4.47. The molecule has 1 saturated carbocycles. The van der Waals surface area contributed by atoms with Gasteiger partial charge in [-0.1, -0.05) is 12.1 Å². The van der Waals surface area contributed by atoms with Crippen LogP contribution in [-0.4, -0.2) is 47.9 Å². The van der Waals surface area contributed by atoms with Crippen LogP contribution < -0.4 is 11.1 Å². The summed E-state index contributed by atoms with van der Waals surface area (Å²) in [5.74, 6) is -0.527. The largest absolute Gasteiger partial charge is 0.409 e. The summed E-state index contributed by atoms with van der Waals surface area (Å²) in [6.45, 7) is 2.41. The van der Waals surface area contributed by atoms with Crippen molar-refractivity contribution in [3.8, 4) is 0 Å². The third-order valence-corrected chi connectivity index (χ3v) is 3.15. The first kappa shape index (κ1) is 14.3. The number of amidine groups is 1. The number of nitrogens with two attached hydrogens (primary N) is 1. The van der Waals surface area contributed by atoms with Crippen LogP contribution in [0.15, 0.2) is 5.16 Å². The molecule has 4 N–H and O–H groups in total. The van der Waals surface area contributed by atoms with Crippen molar-refractivity contribution >= 4 is 17.6 Å². The summed E-state index contributed by atoms with van der Waals surface area (Å²) >= 11 is 0. The van der Waals surface area contributed by atoms with E-state index in [2.05, 4.69) is 10.5 Å². The van der Waals surface area contributed by atoms with Gasteiger partial charge in [0.2, 0.25) is 11.8 Å². The number of carbonyl (C=O) groups excluding carboxylic acids is 2. The minimum Gasteiger partial charge on any atom is -0.409 e. The van der Waals surface area contributed by atoms with Gasteiger partial charge in [0.05, 0.1) is 6.54 Å². The van der Waals surface area contributed by atoms with Crippen LogP contribution in [0.4, 0.5) is 0 Å². The average Bonchev–Trinajstić information content (AvgIpc) is 3.17. The van der Waals surface area contributed by atoms with Crippen molar-refractivity contribution in [3.63, 3.8) is 0 Å². The minimum atomic E-state index is -0.891. The Kier molecular flexibility index (Phi) is 4.52. The molecule has 1 fully saturated rings. The first-order chi connectivity index (χ1) is 8.51. The molecule has 0 radical (unpaired) electrons. The maximum atomic E-state index is 12.3. The summed E-state index contributed by atoms with van der Waals surface area (Å²) in [6, 6.07) is 0. The molecular formula is C11H20N4O3. The van der Waals surface area contributed by atoms with E-state index >= 15 is 0 Å². The van der Waals surface area contributed by atoms with Crippen LogP contribution >= 0.6 is 0 Å². The predicted molar refractivity (Wildman–Crippen MR) is 66.0 cm³/mol. The molecule has 18 heavy (non-hydrogen) atoms. The van der Waals surface area contributed by atoms with Crippen LogP contribution in [0.3, 0.4) is 0 Å². The molecule has 0 atom stereocenters. The van der Waals surface area contributed by atoms with Crippen molar-refractivity contribution in [2.75, 3.05) is 20.1 Å². The fourth-order valence-electron chi connectivity index (χ4n) is 1.88. The van der Waals surface area contributed by atoms with Crippen LogP contribution in [0.2, 0.25) is 0 Å². The van der Waals surface area contributed by atoms with Crippen molar-refractivity contribution < 1.29 is 14.8 Å². The number of oxime groups is 1. The molecule has 0 aromatic carbocycles. The Morgan fingerprint density at radius 3 is 2.50 bits per heavy atom. The van der Waals surface area contributed by atoms with E-state index in [1.807, 2.05) is 6.92 Å². The highest BCUT2D eigenvalue weighted by molar-refractivity contribution is 6.10. The summed E-state index contributed by atoms with van der Waals surface area (Å²) < 4.78 is 0. The van der Waals surface area contributed by atoms with E-state index in [9.17, 15) is 9.59 Å². The molecule has 7 nitrogen and oxygen atoms in total. The number of likely N-dealkylation sites (N-methyl/N-ethyl adjacent to an activating group) is 1. The molecule has 0 aliphatic heterocycles. The second-order valence-electron chi connectivity index (χ2n) is 4.47. The molecule has 1 rings (SSSR count). The molecule has 0 aromatic rings. The smallest absolute Gasteiger partial charge is 0.239 e. The molecule has 0 bridgehead atoms. The van der Waals surface area contributed by atoms with Gasteiger partial charge >= 0.3 is 0 Å². The summed E-state index contributed by atoms with van der Waals surface area (Å²) in [7, 11) is 1.52. The Labute approximate surface area is 106 Å². The van der Waals surface area contributed by atoms with Gasteiger partial charge in [-0.15, -0.1) is 0 Å². The van der Waals surface area contributed by atoms with E-state index in [0.29, 0.717) is 19.4 Å². The molecule has 2 amide bonds. The van der Waals surface area contributed by atoms with Gasteiger partial charge < -0.3 is 21.2 Å². The number of carbonyl (C=O) groups is 2. The molecule has 7 heteroatoms. The molecule has 1 aliphatic carbocycles. The van der Waals surface area contributed by atoms with Gasteiger partial charge in [0.1, 0.15) is 5.41 Å². The van der Waals surface area contributed by atoms with Gasteiger partial charge in [0.15, 0.2) is 5.84 Å². The lowest BCUT2D eigenvalue weighted by Crippen LogP contribution is -2.47. The molecule has 1 aliphatic rings. The van der Waals surface area contributed by atoms with Crippen molar-refractivity contribution in [2.45, 2.75) is 26.2 Å². The van der Waals surface area contributed by atoms with E-state index in [0.717, 1.165) is 6.42 Å². The van der Waals surface area contributed by atoms with Gasteiger partial charge in [-0.3, -0.25) is 9.59 Å². The van der Waals surface area contributed by atoms with Gasteiger partial charge in [0.25, 0.3) is 0 Å². The van der Waals surface area contributed by atoms with Crippen molar-refractivity contribution in [2.24, 2.45) is 16.3 Å². The third kappa shape index (κ3) is 2.72. The van der Waals surface area contributed by atoms with E-state index in [1.165, 1.54) is 11.9 Å². The lowest BCUT2D eigenvalue weighted by atomic mass is 10.0. The molecular weight excluding hydrogens is 236 g/mol. The van der Waals surface area contributed by atoms with Crippen molar-refractivity contribution in [1.29, 1.82) is 0 Å². The maximum Gasteiger partial charge on any atom is 0.239 e. The number of amides is 2. The number of hydrogen-bond acceptors (Lipinski definition) is 4. The fourth-order valence-corrected chi connectivity index (χ4v) is 1.88. The first-order valence-electron chi connectivity index (χ1n) is 5.99. The lowest BCUT2D eigenvalue weighted by molar-refractivity contribution is -0.138. The monoisotopic (exact) mass is 256 g/mol. The summed E-state index contributed by atoms with van der Waals surface area (Å²) in [4.78, 5) is 25.2. The van der Waals surface area contributed by atoms with E-state index < -0.39 is 5.41 Å². The quantitative estimate of drug-likeness (QED) is 0.257. The highest BCUT2D eigenvalue weighted by Gasteiger charge is 2.55. The zero-order valence-electron chi connectivity index (χ0n) is 10.8. The normalized spacial score (nSPS) is 17.1. The van der Waals surface area contributed by atoms with Gasteiger partial charge in [-0.05, 0) is 19.3 Å². The van der Waals surface area contributed by atoms with Crippen LogP contribution in [0.1, 0.15) is 26.2 Å². The number of rotatable bonds is 6. The summed E-state index contributed by atoms with van der Waals surface area (Å²) in [6.07, 6.45) is 1.88. The Hall–Kier alpha value is -1.79. The SMILES string of the molecule is CCCN(CC(=O)NC)C(=O)C1(C(N)=NO)CC1. The number of nitrogens with one attached hydrogen (secondary N) is 1. The maximum absolute atomic E-state index is 12.3. The first-order valence-corrected chi connectivity index (χ1v) is 5.99. The summed E-state index contributed by atoms with van der Waals surface area (Å²) in [5, 5.41) is 14.1. The standard InChI is InChI=1S/C11H20N4O3/c1-3-6-15(7-8(16)13-2)10(17)11(4-5-11)9(12)14-18/h18H,3-7H2,1-2H3,(H2,12,14)(H,13,16). The van der Waals surface area contributed by atoms with Gasteiger partial charge in [0, 0.05) is 13.6 Å². The zero-order valence-corrected chi connectivity index (χ0v) is 10.8. The predicted octanol–water partition coefficient (Wildman–Crippen LogP) is -0.502. The van der Waals surface area contributed by atoms with Gasteiger partial charge in [-0.2, -0.15) is 0 Å².